The number of alkyl halides is 3. The third-order valence-electron chi connectivity index (χ3n) is 4.94. The van der Waals surface area contributed by atoms with E-state index >= 15 is 0 Å². The summed E-state index contributed by atoms with van der Waals surface area (Å²) in [6, 6.07) is 2.75. The number of carbonyl (C=O) groups excluding carboxylic acids is 1. The monoisotopic (exact) mass is 461 g/mol. The zero-order valence-corrected chi connectivity index (χ0v) is 19.1. The number of rotatable bonds is 5. The maximum absolute atomic E-state index is 14.5. The summed E-state index contributed by atoms with van der Waals surface area (Å²) in [4.78, 5) is 12.1. The molecule has 0 unspecified atom stereocenters. The third kappa shape index (κ3) is 7.13. The first-order valence-corrected chi connectivity index (χ1v) is 9.97. The second kappa shape index (κ2) is 8.94. The van der Waals surface area contributed by atoms with Gasteiger partial charge in [-0.05, 0) is 66.1 Å². The Labute approximate surface area is 185 Å². The zero-order chi connectivity index (χ0) is 24.5. The van der Waals surface area contributed by atoms with Crippen LogP contribution in [0, 0.1) is 5.82 Å². The van der Waals surface area contributed by atoms with Gasteiger partial charge in [-0.1, -0.05) is 6.08 Å². The first-order valence-electron chi connectivity index (χ1n) is 9.97. The molecule has 178 valence electrons. The van der Waals surface area contributed by atoms with Gasteiger partial charge < -0.3 is 24.1 Å². The summed E-state index contributed by atoms with van der Waals surface area (Å²) in [5.74, 6) is -1.63. The number of hydrogen-bond donors (Lipinski definition) is 1. The quantitative estimate of drug-likeness (QED) is 0.479. The fourth-order valence-corrected chi connectivity index (χ4v) is 2.71. The molecule has 0 spiro atoms. The van der Waals surface area contributed by atoms with Crippen LogP contribution in [0.4, 0.5) is 22.4 Å². The Kier molecular flexibility index (Phi) is 7.26. The van der Waals surface area contributed by atoms with Crippen LogP contribution in [0.3, 0.4) is 0 Å². The summed E-state index contributed by atoms with van der Waals surface area (Å²) < 4.78 is 72.6. The van der Waals surface area contributed by atoms with Crippen molar-refractivity contribution in [1.29, 1.82) is 0 Å². The van der Waals surface area contributed by atoms with Crippen LogP contribution in [0.15, 0.2) is 23.7 Å². The summed E-state index contributed by atoms with van der Waals surface area (Å²) in [6.45, 7) is 12.3. The normalized spacial score (nSPS) is 18.5. The van der Waals surface area contributed by atoms with Crippen LogP contribution >= 0.6 is 0 Å². The van der Waals surface area contributed by atoms with E-state index in [-0.39, 0.29) is 12.1 Å². The summed E-state index contributed by atoms with van der Waals surface area (Å²) in [6.07, 6.45) is -4.28. The van der Waals surface area contributed by atoms with Gasteiger partial charge in [0.1, 0.15) is 17.2 Å². The minimum atomic E-state index is -4.94. The van der Waals surface area contributed by atoms with Crippen molar-refractivity contribution in [2.75, 3.05) is 6.54 Å². The standard InChI is InChI=1S/C21H28BF4NO5/c1-18(2,3)30-17(28)27-12-14(22-31-19(4,5)20(6,7)32-22)10-13-8-9-15(11-16(13)23)29-21(24,25)26/h8-11H,12H2,1-7H3,(H,27,28). The number of hydrogen-bond acceptors (Lipinski definition) is 5. The third-order valence-corrected chi connectivity index (χ3v) is 4.94. The van der Waals surface area contributed by atoms with Crippen LogP contribution in [-0.2, 0) is 14.0 Å². The van der Waals surface area contributed by atoms with Crippen molar-refractivity contribution in [3.63, 3.8) is 0 Å². The summed E-state index contributed by atoms with van der Waals surface area (Å²) in [7, 11) is -0.930. The Morgan fingerprint density at radius 3 is 2.16 bits per heavy atom. The lowest BCUT2D eigenvalue weighted by molar-refractivity contribution is -0.274. The Morgan fingerprint density at radius 2 is 1.69 bits per heavy atom. The molecule has 32 heavy (non-hydrogen) atoms. The molecule has 1 saturated heterocycles. The molecule has 1 aromatic rings. The van der Waals surface area contributed by atoms with Gasteiger partial charge in [0.25, 0.3) is 0 Å². The Hall–Kier alpha value is -2.27. The molecule has 1 aliphatic heterocycles. The molecule has 0 aromatic heterocycles. The van der Waals surface area contributed by atoms with E-state index in [1.165, 1.54) is 6.08 Å². The van der Waals surface area contributed by atoms with Gasteiger partial charge in [-0.15, -0.1) is 13.2 Å². The minimum Gasteiger partial charge on any atom is -0.444 e. The van der Waals surface area contributed by atoms with Crippen LogP contribution < -0.4 is 10.1 Å². The number of amides is 1. The average molecular weight is 461 g/mol. The van der Waals surface area contributed by atoms with Gasteiger partial charge in [0, 0.05) is 18.2 Å². The zero-order valence-electron chi connectivity index (χ0n) is 19.1. The van der Waals surface area contributed by atoms with Crippen LogP contribution in [0.2, 0.25) is 0 Å². The molecule has 1 heterocycles. The van der Waals surface area contributed by atoms with E-state index in [2.05, 4.69) is 10.1 Å². The molecule has 0 radical (unpaired) electrons. The van der Waals surface area contributed by atoms with E-state index in [1.807, 2.05) is 27.7 Å². The Bertz CT molecular complexity index is 862. The molecule has 0 atom stereocenters. The van der Waals surface area contributed by atoms with E-state index in [4.69, 9.17) is 14.0 Å². The van der Waals surface area contributed by atoms with Crippen LogP contribution in [-0.4, -0.2) is 42.9 Å². The average Bonchev–Trinajstić information content (AvgIpc) is 2.77. The van der Waals surface area contributed by atoms with Crippen molar-refractivity contribution in [2.45, 2.75) is 71.6 Å². The number of benzene rings is 1. The number of nitrogens with one attached hydrogen (secondary N) is 1. The molecule has 1 N–H and O–H groups in total. The predicted molar refractivity (Wildman–Crippen MR) is 111 cm³/mol. The van der Waals surface area contributed by atoms with Crippen molar-refractivity contribution >= 4 is 19.3 Å². The van der Waals surface area contributed by atoms with Gasteiger partial charge in [-0.3, -0.25) is 0 Å². The predicted octanol–water partition coefficient (Wildman–Crippen LogP) is 5.26. The molecule has 1 amide bonds. The molecule has 0 bridgehead atoms. The number of halogens is 4. The van der Waals surface area contributed by atoms with Gasteiger partial charge in [-0.25, -0.2) is 9.18 Å². The summed E-state index contributed by atoms with van der Waals surface area (Å²) in [5.41, 5.74) is -1.82. The molecule has 2 rings (SSSR count). The molecule has 1 fully saturated rings. The number of alkyl carbamates (subject to hydrolysis) is 1. The van der Waals surface area contributed by atoms with Gasteiger partial charge >= 0.3 is 19.6 Å². The van der Waals surface area contributed by atoms with E-state index < -0.39 is 47.9 Å². The van der Waals surface area contributed by atoms with E-state index in [1.54, 1.807) is 20.8 Å². The van der Waals surface area contributed by atoms with Gasteiger partial charge in [0.2, 0.25) is 0 Å². The molecule has 1 aliphatic rings. The van der Waals surface area contributed by atoms with Gasteiger partial charge in [0.15, 0.2) is 0 Å². The van der Waals surface area contributed by atoms with Crippen molar-refractivity contribution in [3.05, 3.63) is 35.1 Å². The summed E-state index contributed by atoms with van der Waals surface area (Å²) >= 11 is 0. The highest BCUT2D eigenvalue weighted by molar-refractivity contribution is 6.56. The Balaban J connectivity index is 2.32. The van der Waals surface area contributed by atoms with Crippen molar-refractivity contribution in [1.82, 2.24) is 5.32 Å². The number of ether oxygens (including phenoxy) is 2. The molecular weight excluding hydrogens is 433 g/mol. The fraction of sp³-hybridized carbons (Fsp3) is 0.571. The number of carbonyl (C=O) groups is 1. The van der Waals surface area contributed by atoms with Crippen molar-refractivity contribution < 1.29 is 41.1 Å². The lowest BCUT2D eigenvalue weighted by atomic mass is 9.77. The van der Waals surface area contributed by atoms with Crippen molar-refractivity contribution in [2.24, 2.45) is 0 Å². The van der Waals surface area contributed by atoms with Crippen LogP contribution in [0.1, 0.15) is 54.0 Å². The topological polar surface area (TPSA) is 66.0 Å². The smallest absolute Gasteiger partial charge is 0.444 e. The Morgan fingerprint density at radius 1 is 1.12 bits per heavy atom. The molecule has 1 aromatic carbocycles. The molecule has 0 saturated carbocycles. The lowest BCUT2D eigenvalue weighted by Gasteiger charge is -2.32. The van der Waals surface area contributed by atoms with Gasteiger partial charge in [-0.2, -0.15) is 0 Å². The minimum absolute atomic E-state index is 0.0322. The first-order chi connectivity index (χ1) is 14.4. The first kappa shape index (κ1) is 26.0. The molecule has 6 nitrogen and oxygen atoms in total. The highest BCUT2D eigenvalue weighted by Crippen LogP contribution is 2.39. The second-order valence-corrected chi connectivity index (χ2v) is 9.39. The maximum Gasteiger partial charge on any atom is 0.573 e. The molecule has 0 aliphatic carbocycles. The van der Waals surface area contributed by atoms with Gasteiger partial charge in [0.05, 0.1) is 11.2 Å². The summed E-state index contributed by atoms with van der Waals surface area (Å²) in [5, 5.41) is 2.57. The largest absolute Gasteiger partial charge is 0.573 e. The molecular formula is C21H28BF4NO5. The fourth-order valence-electron chi connectivity index (χ4n) is 2.71. The second-order valence-electron chi connectivity index (χ2n) is 9.39. The van der Waals surface area contributed by atoms with E-state index in [0.29, 0.717) is 11.5 Å². The van der Waals surface area contributed by atoms with E-state index in [9.17, 15) is 22.4 Å². The maximum atomic E-state index is 14.5. The van der Waals surface area contributed by atoms with Crippen molar-refractivity contribution in [3.8, 4) is 5.75 Å². The lowest BCUT2D eigenvalue weighted by Crippen LogP contribution is -2.41. The SMILES string of the molecule is CC(C)(C)OC(=O)NCC(=Cc1ccc(OC(F)(F)F)cc1F)B1OC(C)(C)C(C)(C)O1. The highest BCUT2D eigenvalue weighted by atomic mass is 19.4. The van der Waals surface area contributed by atoms with Crippen LogP contribution in [0.5, 0.6) is 5.75 Å². The van der Waals surface area contributed by atoms with E-state index in [0.717, 1.165) is 12.1 Å². The highest BCUT2D eigenvalue weighted by Gasteiger charge is 2.52. The van der Waals surface area contributed by atoms with Crippen LogP contribution in [0.25, 0.3) is 6.08 Å². The molecule has 11 heteroatoms.